The van der Waals surface area contributed by atoms with Crippen molar-refractivity contribution >= 4 is 23.8 Å². The molecule has 0 radical (unpaired) electrons. The number of hydroxylamine groups is 2. The molecule has 1 aliphatic heterocycles. The molecule has 2 fully saturated rings. The molecule has 2 atom stereocenters. The Morgan fingerprint density at radius 3 is 2.31 bits per heavy atom. The average molecular weight is 553 g/mol. The van der Waals surface area contributed by atoms with E-state index in [1.807, 2.05) is 9.80 Å². The normalized spacial score (nSPS) is 18.6. The monoisotopic (exact) mass is 552 g/mol. The van der Waals surface area contributed by atoms with Gasteiger partial charge in [0, 0.05) is 44.4 Å². The Hall–Kier alpha value is -2.63. The van der Waals surface area contributed by atoms with Crippen LogP contribution in [0.3, 0.4) is 0 Å². The molecular formula is C28H42F2N4O5. The minimum atomic E-state index is -1.15. The molecule has 0 bridgehead atoms. The van der Waals surface area contributed by atoms with Gasteiger partial charge in [-0.05, 0) is 23.8 Å². The second kappa shape index (κ2) is 13.6. The largest absolute Gasteiger partial charge is 0.395 e. The van der Waals surface area contributed by atoms with E-state index in [2.05, 4.69) is 5.32 Å². The van der Waals surface area contributed by atoms with Crippen molar-refractivity contribution < 1.29 is 33.5 Å². The minimum Gasteiger partial charge on any atom is -0.395 e. The molecule has 1 heterocycles. The summed E-state index contributed by atoms with van der Waals surface area (Å²) in [5.74, 6) is -3.68. The van der Waals surface area contributed by atoms with E-state index in [0.717, 1.165) is 37.8 Å². The number of β-amino-alcohol motifs (C(OH)–C–C–N with tert-alkyl or cyclic N) is 1. The maximum absolute atomic E-state index is 14.5. The first-order chi connectivity index (χ1) is 18.4. The number of aliphatic hydroxyl groups excluding tert-OH is 1. The molecular weight excluding hydrogens is 510 g/mol. The summed E-state index contributed by atoms with van der Waals surface area (Å²) >= 11 is 0. The van der Waals surface area contributed by atoms with Crippen molar-refractivity contribution in [1.82, 2.24) is 15.3 Å². The quantitative estimate of drug-likeness (QED) is 0.158. The van der Waals surface area contributed by atoms with Gasteiger partial charge >= 0.3 is 0 Å². The SMILES string of the molecule is CC(C)(C)[C@H](NC(=O)[C@H](CC1CCCC1)CN(O)C=O)C(=O)c1cc(F)c(F)cc1N1CCN(CCO)CC1. The minimum absolute atomic E-state index is 0.0184. The lowest BCUT2D eigenvalue weighted by atomic mass is 9.81. The summed E-state index contributed by atoms with van der Waals surface area (Å²) in [6, 6.07) is 0.858. The molecule has 1 aromatic carbocycles. The molecule has 39 heavy (non-hydrogen) atoms. The Labute approximate surface area is 229 Å². The van der Waals surface area contributed by atoms with E-state index < -0.39 is 40.7 Å². The predicted molar refractivity (Wildman–Crippen MR) is 142 cm³/mol. The second-order valence-electron chi connectivity index (χ2n) is 11.8. The standard InChI is InChI=1S/C28H42F2N4O5/c1-28(2,3)26(31-27(38)20(17-34(39)18-36)14-19-6-4-5-7-19)25(37)21-15-22(29)23(30)16-24(21)33-10-8-32(9-11-33)12-13-35/h15-16,18-20,26,35,39H,4-14,17H2,1-3H3,(H,31,38)/t20-,26-/m1/s1. The number of rotatable bonds is 12. The summed E-state index contributed by atoms with van der Waals surface area (Å²) in [4.78, 5) is 42.4. The second-order valence-corrected chi connectivity index (χ2v) is 11.8. The molecule has 9 nitrogen and oxygen atoms in total. The molecule has 0 aromatic heterocycles. The van der Waals surface area contributed by atoms with Crippen LogP contribution in [0.4, 0.5) is 14.5 Å². The summed E-state index contributed by atoms with van der Waals surface area (Å²) < 4.78 is 28.9. The number of anilines is 1. The Morgan fingerprint density at radius 2 is 1.74 bits per heavy atom. The van der Waals surface area contributed by atoms with Gasteiger partial charge in [0.05, 0.1) is 30.8 Å². The Balaban J connectivity index is 1.88. The van der Waals surface area contributed by atoms with Crippen LogP contribution < -0.4 is 10.2 Å². The molecule has 1 saturated heterocycles. The number of piperazine rings is 1. The third kappa shape index (κ3) is 8.18. The van der Waals surface area contributed by atoms with Gasteiger partial charge in [0.1, 0.15) is 0 Å². The highest BCUT2D eigenvalue weighted by Crippen LogP contribution is 2.33. The third-order valence-corrected chi connectivity index (χ3v) is 7.84. The Bertz CT molecular complexity index is 1000. The lowest BCUT2D eigenvalue weighted by molar-refractivity contribution is -0.155. The van der Waals surface area contributed by atoms with Gasteiger partial charge in [-0.15, -0.1) is 0 Å². The van der Waals surface area contributed by atoms with Crippen LogP contribution in [-0.2, 0) is 9.59 Å². The Kier molecular flexibility index (Phi) is 10.8. The van der Waals surface area contributed by atoms with Crippen LogP contribution in [0, 0.1) is 28.9 Å². The molecule has 11 heteroatoms. The molecule has 0 spiro atoms. The molecule has 3 N–H and O–H groups in total. The van der Waals surface area contributed by atoms with E-state index in [9.17, 15) is 33.5 Å². The number of carbonyl (C=O) groups is 3. The summed E-state index contributed by atoms with van der Waals surface area (Å²) in [5.41, 5.74) is -0.541. The molecule has 218 valence electrons. The molecule has 0 unspecified atom stereocenters. The van der Waals surface area contributed by atoms with Crippen molar-refractivity contribution in [3.05, 3.63) is 29.3 Å². The van der Waals surface area contributed by atoms with Gasteiger partial charge in [-0.3, -0.25) is 24.5 Å². The van der Waals surface area contributed by atoms with E-state index >= 15 is 0 Å². The molecule has 1 saturated carbocycles. The highest BCUT2D eigenvalue weighted by molar-refractivity contribution is 6.06. The molecule has 3 rings (SSSR count). The zero-order chi connectivity index (χ0) is 28.7. The maximum Gasteiger partial charge on any atom is 0.233 e. The van der Waals surface area contributed by atoms with E-state index in [1.165, 1.54) is 0 Å². The first kappa shape index (κ1) is 30.9. The van der Waals surface area contributed by atoms with Crippen LogP contribution in [0.15, 0.2) is 12.1 Å². The first-order valence-electron chi connectivity index (χ1n) is 13.8. The summed E-state index contributed by atoms with van der Waals surface area (Å²) in [7, 11) is 0. The van der Waals surface area contributed by atoms with E-state index in [-0.39, 0.29) is 36.7 Å². The topological polar surface area (TPSA) is 113 Å². The number of carbonyl (C=O) groups excluding carboxylic acids is 3. The van der Waals surface area contributed by atoms with Crippen LogP contribution in [0.2, 0.25) is 0 Å². The highest BCUT2D eigenvalue weighted by Gasteiger charge is 2.38. The summed E-state index contributed by atoms with van der Waals surface area (Å²) in [5, 5.41) is 22.3. The molecule has 2 aliphatic rings. The molecule has 1 aromatic rings. The van der Waals surface area contributed by atoms with Crippen molar-refractivity contribution in [2.45, 2.75) is 58.9 Å². The number of amides is 2. The third-order valence-electron chi connectivity index (χ3n) is 7.84. The maximum atomic E-state index is 14.5. The van der Waals surface area contributed by atoms with Gasteiger partial charge in [-0.2, -0.15) is 0 Å². The van der Waals surface area contributed by atoms with Gasteiger partial charge in [-0.1, -0.05) is 46.5 Å². The fourth-order valence-corrected chi connectivity index (χ4v) is 5.62. The van der Waals surface area contributed by atoms with Crippen molar-refractivity contribution in [2.75, 3.05) is 50.8 Å². The van der Waals surface area contributed by atoms with Crippen LogP contribution in [0.1, 0.15) is 63.2 Å². The molecule has 2 amide bonds. The number of nitrogens with zero attached hydrogens (tertiary/aromatic N) is 3. The van der Waals surface area contributed by atoms with Crippen LogP contribution in [0.5, 0.6) is 0 Å². The van der Waals surface area contributed by atoms with Crippen molar-refractivity contribution in [1.29, 1.82) is 0 Å². The smallest absolute Gasteiger partial charge is 0.233 e. The van der Waals surface area contributed by atoms with Crippen LogP contribution >= 0.6 is 0 Å². The van der Waals surface area contributed by atoms with Crippen LogP contribution in [0.25, 0.3) is 0 Å². The first-order valence-corrected chi connectivity index (χ1v) is 13.8. The van der Waals surface area contributed by atoms with Crippen molar-refractivity contribution in [3.63, 3.8) is 0 Å². The van der Waals surface area contributed by atoms with Gasteiger partial charge in [0.15, 0.2) is 17.4 Å². The fraction of sp³-hybridized carbons (Fsp3) is 0.679. The van der Waals surface area contributed by atoms with Gasteiger partial charge in [0.25, 0.3) is 0 Å². The van der Waals surface area contributed by atoms with Gasteiger partial charge in [-0.25, -0.2) is 13.8 Å². The van der Waals surface area contributed by atoms with Crippen molar-refractivity contribution in [3.8, 4) is 0 Å². The fourth-order valence-electron chi connectivity index (χ4n) is 5.62. The van der Waals surface area contributed by atoms with Gasteiger partial charge < -0.3 is 15.3 Å². The van der Waals surface area contributed by atoms with Gasteiger partial charge in [0.2, 0.25) is 12.3 Å². The van der Waals surface area contributed by atoms with E-state index in [1.54, 1.807) is 20.8 Å². The number of halogens is 2. The predicted octanol–water partition coefficient (Wildman–Crippen LogP) is 2.84. The number of hydrogen-bond acceptors (Lipinski definition) is 7. The Morgan fingerprint density at radius 1 is 1.13 bits per heavy atom. The number of Topliss-reactive ketones (excluding diaryl/α,β-unsaturated/α-hetero) is 1. The lowest BCUT2D eigenvalue weighted by Gasteiger charge is -2.37. The highest BCUT2D eigenvalue weighted by atomic mass is 19.2. The number of nitrogens with one attached hydrogen (secondary N) is 1. The number of ketones is 1. The van der Waals surface area contributed by atoms with E-state index in [0.29, 0.717) is 44.2 Å². The summed E-state index contributed by atoms with van der Waals surface area (Å²) in [6.07, 6.45) is 4.76. The zero-order valence-corrected chi connectivity index (χ0v) is 23.2. The van der Waals surface area contributed by atoms with E-state index in [4.69, 9.17) is 0 Å². The van der Waals surface area contributed by atoms with Crippen molar-refractivity contribution in [2.24, 2.45) is 17.3 Å². The summed E-state index contributed by atoms with van der Waals surface area (Å²) in [6.45, 7) is 7.74. The zero-order valence-electron chi connectivity index (χ0n) is 23.2. The lowest BCUT2D eigenvalue weighted by Crippen LogP contribution is -2.53. The van der Waals surface area contributed by atoms with Crippen LogP contribution in [-0.4, -0.2) is 90.3 Å². The average Bonchev–Trinajstić information content (AvgIpc) is 3.41. The number of benzene rings is 1. The number of aliphatic hydroxyl groups is 1. The number of hydrogen-bond donors (Lipinski definition) is 3. The molecule has 1 aliphatic carbocycles.